The standard InChI is InChI=1S/C20H32N6O/c1-13-8-19(21-3)24-20(23-13)25-11-15-9-16(12-25)18(10-22-14(2)27)26-7-5-4-6-17(15)26/h8,15-18H,4-7,9-12H2,1-3H3,(H,22,27)(H,21,23,24)/t15-,16+,17+,18+/m1/s1. The van der Waals surface area contributed by atoms with Gasteiger partial charge in [0.25, 0.3) is 0 Å². The molecule has 4 rings (SSSR count). The number of amides is 1. The van der Waals surface area contributed by atoms with Gasteiger partial charge in [-0.3, -0.25) is 9.69 Å². The molecule has 3 fully saturated rings. The second kappa shape index (κ2) is 7.62. The zero-order valence-corrected chi connectivity index (χ0v) is 16.7. The number of carbonyl (C=O) groups excluding carboxylic acids is 1. The second-order valence-electron chi connectivity index (χ2n) is 8.41. The van der Waals surface area contributed by atoms with E-state index in [2.05, 4.69) is 20.4 Å². The summed E-state index contributed by atoms with van der Waals surface area (Å²) in [6, 6.07) is 3.04. The molecular weight excluding hydrogens is 340 g/mol. The van der Waals surface area contributed by atoms with Gasteiger partial charge in [0, 0.05) is 57.4 Å². The number of carbonyl (C=O) groups is 1. The lowest BCUT2D eigenvalue weighted by molar-refractivity contribution is -0.119. The normalized spacial score (nSPS) is 30.6. The molecule has 2 N–H and O–H groups in total. The topological polar surface area (TPSA) is 73.4 Å². The van der Waals surface area contributed by atoms with E-state index < -0.39 is 0 Å². The molecule has 3 aliphatic heterocycles. The van der Waals surface area contributed by atoms with Crippen molar-refractivity contribution in [3.63, 3.8) is 0 Å². The molecular formula is C20H32N6O. The molecule has 0 spiro atoms. The maximum absolute atomic E-state index is 11.5. The first-order chi connectivity index (χ1) is 13.0. The van der Waals surface area contributed by atoms with Crippen LogP contribution in [-0.2, 0) is 4.79 Å². The van der Waals surface area contributed by atoms with E-state index in [1.807, 2.05) is 20.0 Å². The average Bonchev–Trinajstić information content (AvgIpc) is 2.67. The Labute approximate surface area is 161 Å². The Balaban J connectivity index is 1.59. The molecule has 2 bridgehead atoms. The van der Waals surface area contributed by atoms with E-state index >= 15 is 0 Å². The monoisotopic (exact) mass is 372 g/mol. The SMILES string of the molecule is CNc1cc(C)nc(N2C[C@H]3C[C@@H](C2)[C@H](CNC(C)=O)N2CCCC[C@@H]32)n1. The molecule has 27 heavy (non-hydrogen) atoms. The van der Waals surface area contributed by atoms with E-state index in [-0.39, 0.29) is 5.91 Å². The first-order valence-electron chi connectivity index (χ1n) is 10.3. The molecule has 4 heterocycles. The molecule has 148 valence electrons. The second-order valence-corrected chi connectivity index (χ2v) is 8.41. The fourth-order valence-electron chi connectivity index (χ4n) is 5.42. The van der Waals surface area contributed by atoms with E-state index in [9.17, 15) is 4.79 Å². The predicted molar refractivity (Wildman–Crippen MR) is 107 cm³/mol. The average molecular weight is 373 g/mol. The Kier molecular flexibility index (Phi) is 5.21. The maximum atomic E-state index is 11.5. The van der Waals surface area contributed by atoms with Crippen molar-refractivity contribution in [3.05, 3.63) is 11.8 Å². The summed E-state index contributed by atoms with van der Waals surface area (Å²) >= 11 is 0. The smallest absolute Gasteiger partial charge is 0.227 e. The van der Waals surface area contributed by atoms with Crippen molar-refractivity contribution >= 4 is 17.7 Å². The van der Waals surface area contributed by atoms with Gasteiger partial charge in [-0.2, -0.15) is 4.98 Å². The molecule has 3 saturated heterocycles. The lowest BCUT2D eigenvalue weighted by atomic mass is 9.72. The Morgan fingerprint density at radius 1 is 1.26 bits per heavy atom. The summed E-state index contributed by atoms with van der Waals surface area (Å²) in [5.41, 5.74) is 0.995. The number of rotatable bonds is 4. The zero-order valence-electron chi connectivity index (χ0n) is 16.7. The van der Waals surface area contributed by atoms with Gasteiger partial charge >= 0.3 is 0 Å². The minimum atomic E-state index is 0.0685. The summed E-state index contributed by atoms with van der Waals surface area (Å²) in [5, 5.41) is 6.24. The zero-order chi connectivity index (χ0) is 19.0. The molecule has 4 atom stereocenters. The number of aryl methyl sites for hydroxylation is 1. The fraction of sp³-hybridized carbons (Fsp3) is 0.750. The van der Waals surface area contributed by atoms with Crippen LogP contribution in [-0.4, -0.2) is 66.1 Å². The lowest BCUT2D eigenvalue weighted by Gasteiger charge is -2.56. The quantitative estimate of drug-likeness (QED) is 0.837. The summed E-state index contributed by atoms with van der Waals surface area (Å²) in [6.07, 6.45) is 5.13. The highest BCUT2D eigenvalue weighted by atomic mass is 16.1. The third-order valence-electron chi connectivity index (χ3n) is 6.56. The van der Waals surface area contributed by atoms with Crippen molar-refractivity contribution in [2.45, 2.75) is 51.6 Å². The number of anilines is 2. The minimum Gasteiger partial charge on any atom is -0.373 e. The predicted octanol–water partition coefficient (Wildman–Crippen LogP) is 1.64. The Morgan fingerprint density at radius 3 is 2.85 bits per heavy atom. The first-order valence-corrected chi connectivity index (χ1v) is 10.3. The van der Waals surface area contributed by atoms with Crippen LogP contribution in [0.3, 0.4) is 0 Å². The van der Waals surface area contributed by atoms with Crippen LogP contribution in [0, 0.1) is 18.8 Å². The van der Waals surface area contributed by atoms with Gasteiger partial charge in [-0.25, -0.2) is 4.98 Å². The number of fused-ring (bicyclic) bond motifs is 4. The van der Waals surface area contributed by atoms with Crippen LogP contribution in [0.5, 0.6) is 0 Å². The van der Waals surface area contributed by atoms with Gasteiger partial charge in [-0.15, -0.1) is 0 Å². The van der Waals surface area contributed by atoms with Crippen LogP contribution < -0.4 is 15.5 Å². The van der Waals surface area contributed by atoms with Crippen molar-refractivity contribution in [1.29, 1.82) is 0 Å². The number of hydrogen-bond donors (Lipinski definition) is 2. The molecule has 3 aliphatic rings. The number of aromatic nitrogens is 2. The van der Waals surface area contributed by atoms with Gasteiger partial charge in [-0.1, -0.05) is 6.42 Å². The summed E-state index contributed by atoms with van der Waals surface area (Å²) in [7, 11) is 1.90. The Morgan fingerprint density at radius 2 is 2.07 bits per heavy atom. The number of piperidine rings is 3. The summed E-state index contributed by atoms with van der Waals surface area (Å²) in [5.74, 6) is 3.00. The molecule has 0 saturated carbocycles. The molecule has 1 aromatic heterocycles. The minimum absolute atomic E-state index is 0.0685. The summed E-state index contributed by atoms with van der Waals surface area (Å²) in [6.45, 7) is 7.58. The van der Waals surface area contributed by atoms with Gasteiger partial charge in [-0.05, 0) is 44.6 Å². The highest BCUT2D eigenvalue weighted by molar-refractivity contribution is 5.72. The van der Waals surface area contributed by atoms with Crippen molar-refractivity contribution in [3.8, 4) is 0 Å². The van der Waals surface area contributed by atoms with Crippen LogP contribution in [0.25, 0.3) is 0 Å². The maximum Gasteiger partial charge on any atom is 0.227 e. The molecule has 1 amide bonds. The van der Waals surface area contributed by atoms with Crippen molar-refractivity contribution < 1.29 is 4.79 Å². The Bertz CT molecular complexity index is 695. The van der Waals surface area contributed by atoms with E-state index in [0.717, 1.165) is 37.1 Å². The lowest BCUT2D eigenvalue weighted by Crippen LogP contribution is -2.65. The molecule has 0 unspecified atom stereocenters. The molecule has 7 nitrogen and oxygen atoms in total. The van der Waals surface area contributed by atoms with Gasteiger partial charge in [0.2, 0.25) is 11.9 Å². The molecule has 0 aromatic carbocycles. The third kappa shape index (κ3) is 3.74. The fourth-order valence-corrected chi connectivity index (χ4v) is 5.42. The van der Waals surface area contributed by atoms with Gasteiger partial charge in [0.05, 0.1) is 0 Å². The molecule has 1 aromatic rings. The molecule has 7 heteroatoms. The number of nitrogens with one attached hydrogen (secondary N) is 2. The van der Waals surface area contributed by atoms with Crippen LogP contribution in [0.15, 0.2) is 6.07 Å². The van der Waals surface area contributed by atoms with Crippen LogP contribution >= 0.6 is 0 Å². The van der Waals surface area contributed by atoms with E-state index in [0.29, 0.717) is 23.9 Å². The van der Waals surface area contributed by atoms with Crippen molar-refractivity contribution in [1.82, 2.24) is 20.2 Å². The van der Waals surface area contributed by atoms with E-state index in [1.165, 1.54) is 32.2 Å². The van der Waals surface area contributed by atoms with Crippen molar-refractivity contribution in [2.24, 2.45) is 11.8 Å². The largest absolute Gasteiger partial charge is 0.373 e. The van der Waals surface area contributed by atoms with E-state index in [4.69, 9.17) is 9.97 Å². The number of hydrogen-bond acceptors (Lipinski definition) is 6. The van der Waals surface area contributed by atoms with Crippen LogP contribution in [0.1, 0.15) is 38.3 Å². The summed E-state index contributed by atoms with van der Waals surface area (Å²) in [4.78, 5) is 26.1. The van der Waals surface area contributed by atoms with Gasteiger partial charge in [0.1, 0.15) is 5.82 Å². The molecule has 0 aliphatic carbocycles. The van der Waals surface area contributed by atoms with Crippen molar-refractivity contribution in [2.75, 3.05) is 43.4 Å². The Hall–Kier alpha value is -1.89. The highest BCUT2D eigenvalue weighted by Crippen LogP contribution is 2.41. The summed E-state index contributed by atoms with van der Waals surface area (Å²) < 4.78 is 0. The van der Waals surface area contributed by atoms with Gasteiger partial charge < -0.3 is 15.5 Å². The third-order valence-corrected chi connectivity index (χ3v) is 6.56. The highest BCUT2D eigenvalue weighted by Gasteiger charge is 2.47. The first kappa shape index (κ1) is 18.5. The number of nitrogens with zero attached hydrogens (tertiary/aromatic N) is 4. The van der Waals surface area contributed by atoms with E-state index in [1.54, 1.807) is 6.92 Å². The molecule has 0 radical (unpaired) electrons. The van der Waals surface area contributed by atoms with Crippen LogP contribution in [0.4, 0.5) is 11.8 Å². The van der Waals surface area contributed by atoms with Crippen LogP contribution in [0.2, 0.25) is 0 Å². The van der Waals surface area contributed by atoms with Gasteiger partial charge in [0.15, 0.2) is 0 Å².